The highest BCUT2D eigenvalue weighted by Gasteiger charge is 2.04. The minimum atomic E-state index is -0.842. The quantitative estimate of drug-likeness (QED) is 0.102. The third-order valence-corrected chi connectivity index (χ3v) is 5.65. The Morgan fingerprint density at radius 1 is 0.500 bits per heavy atom. The summed E-state index contributed by atoms with van der Waals surface area (Å²) in [5.74, 6) is -1.16. The maximum atomic E-state index is 11.4. The fourth-order valence-corrected chi connectivity index (χ4v) is 3.60. The number of ether oxygens (including phenoxy) is 4. The summed E-state index contributed by atoms with van der Waals surface area (Å²) in [4.78, 5) is 21.8. The summed E-state index contributed by atoms with van der Waals surface area (Å²) in [7, 11) is 0. The predicted molar refractivity (Wildman–Crippen MR) is 135 cm³/mol. The van der Waals surface area contributed by atoms with Gasteiger partial charge in [0.05, 0.1) is 33.0 Å². The highest BCUT2D eigenvalue weighted by molar-refractivity contribution is 5.69. The molecule has 7 nitrogen and oxygen atoms in total. The van der Waals surface area contributed by atoms with Gasteiger partial charge in [-0.15, -0.1) is 0 Å². The molecule has 0 radical (unpaired) electrons. The number of carbonyl (C=O) groups is 2. The molecule has 0 bridgehead atoms. The van der Waals surface area contributed by atoms with E-state index in [4.69, 9.17) is 24.1 Å². The molecule has 7 heteroatoms. The number of rotatable bonds is 28. The zero-order valence-electron chi connectivity index (χ0n) is 21.9. The van der Waals surface area contributed by atoms with Crippen LogP contribution in [0.15, 0.2) is 0 Å². The lowest BCUT2D eigenvalue weighted by Crippen LogP contribution is -2.14. The van der Waals surface area contributed by atoms with Crippen molar-refractivity contribution in [3.63, 3.8) is 0 Å². The molecule has 0 amide bonds. The Kier molecular flexibility index (Phi) is 27.1. The van der Waals surface area contributed by atoms with Crippen molar-refractivity contribution in [2.75, 3.05) is 46.2 Å². The molecule has 0 aliphatic carbocycles. The van der Waals surface area contributed by atoms with Crippen molar-refractivity contribution < 1.29 is 33.6 Å². The molecular formula is C27H52O7. The molecule has 0 aliphatic heterocycles. The second-order valence-corrected chi connectivity index (χ2v) is 8.90. The summed E-state index contributed by atoms with van der Waals surface area (Å²) < 4.78 is 21.4. The molecule has 0 aromatic heterocycles. The summed E-state index contributed by atoms with van der Waals surface area (Å²) >= 11 is 0. The van der Waals surface area contributed by atoms with Crippen molar-refractivity contribution >= 4 is 11.9 Å². The van der Waals surface area contributed by atoms with Gasteiger partial charge in [0.1, 0.15) is 6.61 Å². The van der Waals surface area contributed by atoms with Crippen LogP contribution in [0.4, 0.5) is 0 Å². The smallest absolute Gasteiger partial charge is 0.305 e. The summed E-state index contributed by atoms with van der Waals surface area (Å²) in [5.41, 5.74) is 0. The van der Waals surface area contributed by atoms with Gasteiger partial charge >= 0.3 is 11.9 Å². The zero-order valence-corrected chi connectivity index (χ0v) is 21.9. The van der Waals surface area contributed by atoms with E-state index < -0.39 is 5.97 Å². The number of hydrogen-bond acceptors (Lipinski definition) is 6. The average Bonchev–Trinajstić information content (AvgIpc) is 2.82. The first-order valence-corrected chi connectivity index (χ1v) is 13.8. The SMILES string of the molecule is CCCCCCCCCCCCCCCOCCOCCOCCOC(=O)CCCCC(=O)O. The van der Waals surface area contributed by atoms with Gasteiger partial charge in [-0.3, -0.25) is 9.59 Å². The lowest BCUT2D eigenvalue weighted by atomic mass is 10.0. The molecule has 1 N–H and O–H groups in total. The Labute approximate surface area is 208 Å². The van der Waals surface area contributed by atoms with E-state index in [1.165, 1.54) is 77.0 Å². The number of aliphatic carboxylic acids is 1. The van der Waals surface area contributed by atoms with E-state index in [0.29, 0.717) is 45.9 Å². The molecule has 0 rings (SSSR count). The zero-order chi connectivity index (χ0) is 25.0. The van der Waals surface area contributed by atoms with Crippen molar-refractivity contribution in [3.05, 3.63) is 0 Å². The van der Waals surface area contributed by atoms with Gasteiger partial charge in [-0.05, 0) is 19.3 Å². The second-order valence-electron chi connectivity index (χ2n) is 8.90. The lowest BCUT2D eigenvalue weighted by molar-refractivity contribution is -0.146. The van der Waals surface area contributed by atoms with Crippen molar-refractivity contribution in [2.24, 2.45) is 0 Å². The Morgan fingerprint density at radius 3 is 1.41 bits per heavy atom. The standard InChI is InChI=1S/C27H52O7/c1-2-3-4-5-6-7-8-9-10-11-12-13-16-19-31-20-21-32-22-23-33-24-25-34-27(30)18-15-14-17-26(28)29/h2-25H2,1H3,(H,28,29). The first-order valence-electron chi connectivity index (χ1n) is 13.8. The van der Waals surface area contributed by atoms with Crippen LogP contribution >= 0.6 is 0 Å². The van der Waals surface area contributed by atoms with Gasteiger partial charge in [0.2, 0.25) is 0 Å². The topological polar surface area (TPSA) is 91.3 Å². The average molecular weight is 489 g/mol. The van der Waals surface area contributed by atoms with Gasteiger partial charge in [-0.2, -0.15) is 0 Å². The van der Waals surface area contributed by atoms with Crippen LogP contribution in [0.3, 0.4) is 0 Å². The highest BCUT2D eigenvalue weighted by Crippen LogP contribution is 2.12. The van der Waals surface area contributed by atoms with Crippen LogP contribution in [0.1, 0.15) is 116 Å². The molecule has 0 aliphatic rings. The monoisotopic (exact) mass is 488 g/mol. The van der Waals surface area contributed by atoms with E-state index in [9.17, 15) is 9.59 Å². The number of unbranched alkanes of at least 4 members (excludes halogenated alkanes) is 13. The molecule has 0 fully saturated rings. The highest BCUT2D eigenvalue weighted by atomic mass is 16.6. The number of carbonyl (C=O) groups excluding carboxylic acids is 1. The van der Waals surface area contributed by atoms with Gasteiger partial charge in [0.25, 0.3) is 0 Å². The molecule has 0 atom stereocenters. The van der Waals surface area contributed by atoms with Crippen LogP contribution in [0, 0.1) is 0 Å². The summed E-state index contributed by atoms with van der Waals surface area (Å²) in [6.45, 7) is 5.73. The maximum Gasteiger partial charge on any atom is 0.305 e. The predicted octanol–water partition coefficient (Wildman–Crippen LogP) is 6.32. The van der Waals surface area contributed by atoms with Crippen molar-refractivity contribution in [1.29, 1.82) is 0 Å². The first kappa shape index (κ1) is 32.8. The first-order chi connectivity index (χ1) is 16.7. The second kappa shape index (κ2) is 28.1. The van der Waals surface area contributed by atoms with Crippen molar-refractivity contribution in [3.8, 4) is 0 Å². The summed E-state index contributed by atoms with van der Waals surface area (Å²) in [5, 5.41) is 8.53. The van der Waals surface area contributed by atoms with E-state index in [-0.39, 0.29) is 25.4 Å². The fourth-order valence-electron chi connectivity index (χ4n) is 3.60. The maximum absolute atomic E-state index is 11.4. The molecular weight excluding hydrogens is 436 g/mol. The molecule has 0 aromatic carbocycles. The van der Waals surface area contributed by atoms with E-state index in [1.54, 1.807) is 0 Å². The Balaban J connectivity index is 3.10. The third kappa shape index (κ3) is 28.9. The Bertz CT molecular complexity index is 443. The minimum Gasteiger partial charge on any atom is -0.481 e. The van der Waals surface area contributed by atoms with E-state index in [0.717, 1.165) is 13.0 Å². The van der Waals surface area contributed by atoms with Gasteiger partial charge in [0, 0.05) is 19.4 Å². The van der Waals surface area contributed by atoms with Gasteiger partial charge < -0.3 is 24.1 Å². The van der Waals surface area contributed by atoms with Crippen LogP contribution in [-0.4, -0.2) is 63.3 Å². The minimum absolute atomic E-state index is 0.0842. The van der Waals surface area contributed by atoms with Gasteiger partial charge in [-0.25, -0.2) is 0 Å². The molecule has 0 aromatic rings. The number of esters is 1. The lowest BCUT2D eigenvalue weighted by Gasteiger charge is -2.08. The van der Waals surface area contributed by atoms with E-state index in [1.807, 2.05) is 0 Å². The third-order valence-electron chi connectivity index (χ3n) is 5.65. The molecule has 0 heterocycles. The number of carboxylic acids is 1. The Morgan fingerprint density at radius 2 is 0.912 bits per heavy atom. The van der Waals surface area contributed by atoms with E-state index >= 15 is 0 Å². The van der Waals surface area contributed by atoms with Crippen LogP contribution in [0.25, 0.3) is 0 Å². The normalized spacial score (nSPS) is 11.1. The van der Waals surface area contributed by atoms with Crippen LogP contribution in [0.2, 0.25) is 0 Å². The van der Waals surface area contributed by atoms with Crippen LogP contribution in [0.5, 0.6) is 0 Å². The number of hydrogen-bond donors (Lipinski definition) is 1. The van der Waals surface area contributed by atoms with Crippen molar-refractivity contribution in [2.45, 2.75) is 116 Å². The summed E-state index contributed by atoms with van der Waals surface area (Å²) in [6.07, 6.45) is 19.0. The Hall–Kier alpha value is -1.18. The molecule has 202 valence electrons. The van der Waals surface area contributed by atoms with E-state index in [2.05, 4.69) is 6.92 Å². The molecule has 0 saturated carbocycles. The van der Waals surface area contributed by atoms with Gasteiger partial charge in [0.15, 0.2) is 0 Å². The molecule has 0 unspecified atom stereocenters. The summed E-state index contributed by atoms with van der Waals surface area (Å²) in [6, 6.07) is 0. The van der Waals surface area contributed by atoms with Crippen LogP contribution in [-0.2, 0) is 28.5 Å². The largest absolute Gasteiger partial charge is 0.481 e. The molecule has 0 spiro atoms. The fraction of sp³-hybridized carbons (Fsp3) is 0.926. The van der Waals surface area contributed by atoms with Crippen molar-refractivity contribution in [1.82, 2.24) is 0 Å². The number of carboxylic acid groups (broad SMARTS) is 1. The molecule has 0 saturated heterocycles. The van der Waals surface area contributed by atoms with Gasteiger partial charge in [-0.1, -0.05) is 84.0 Å². The van der Waals surface area contributed by atoms with Crippen LogP contribution < -0.4 is 0 Å². The molecule has 34 heavy (non-hydrogen) atoms.